The van der Waals surface area contributed by atoms with Crippen LogP contribution in [0, 0.1) is 6.92 Å². The number of hydrogen-bond donors (Lipinski definition) is 1. The summed E-state index contributed by atoms with van der Waals surface area (Å²) in [5.41, 5.74) is -0.748. The third-order valence-corrected chi connectivity index (χ3v) is 12.5. The van der Waals surface area contributed by atoms with Crippen LogP contribution >= 0.6 is 0 Å². The quantitative estimate of drug-likeness (QED) is 0.173. The Labute approximate surface area is 462 Å². The summed E-state index contributed by atoms with van der Waals surface area (Å²) >= 11 is 0. The largest absolute Gasteiger partial charge is 0.507 e. The van der Waals surface area contributed by atoms with E-state index in [-0.39, 0.29) is 37.9 Å². The van der Waals surface area contributed by atoms with Crippen molar-refractivity contribution in [3.8, 4) is 78.6 Å². The molecule has 0 atom stereocenters. The Bertz CT molecular complexity index is 4200. The van der Waals surface area contributed by atoms with Crippen molar-refractivity contribution in [3.05, 3.63) is 192 Å². The predicted molar refractivity (Wildman–Crippen MR) is 293 cm³/mol. The van der Waals surface area contributed by atoms with Crippen LogP contribution in [0.3, 0.4) is 0 Å². The van der Waals surface area contributed by atoms with Crippen LogP contribution in [-0.2, 0) is 42.7 Å². The number of para-hydroxylation sites is 1. The van der Waals surface area contributed by atoms with Crippen LogP contribution < -0.4 is 0 Å². The third kappa shape index (κ3) is 9.99. The van der Waals surface area contributed by atoms with Crippen LogP contribution in [0.2, 0.25) is 0 Å². The molecule has 0 bridgehead atoms. The molecule has 0 saturated heterocycles. The second kappa shape index (κ2) is 18.8. The van der Waals surface area contributed by atoms with Crippen LogP contribution in [0.15, 0.2) is 164 Å². The average Bonchev–Trinajstić information content (AvgIpc) is 0.847. The Balaban J connectivity index is 0.0000109. The summed E-state index contributed by atoms with van der Waals surface area (Å²) in [4.78, 5) is 10.2. The molecule has 2 heterocycles. The number of fused-ring (bicyclic) bond motifs is 1. The van der Waals surface area contributed by atoms with Crippen molar-refractivity contribution in [1.29, 1.82) is 0 Å². The van der Waals surface area contributed by atoms with Crippen molar-refractivity contribution in [1.82, 2.24) is 14.5 Å². The second-order valence-corrected chi connectivity index (χ2v) is 19.8. The number of aromatic hydroxyl groups is 1. The first-order chi connectivity index (χ1) is 41.7. The Morgan fingerprint density at radius 1 is 0.486 bits per heavy atom. The van der Waals surface area contributed by atoms with Crippen molar-refractivity contribution in [2.75, 3.05) is 0 Å². The number of aryl methyl sites for hydroxylation is 1. The molecule has 0 amide bonds. The van der Waals surface area contributed by atoms with E-state index in [1.54, 1.807) is 0 Å². The molecule has 0 aliphatic carbocycles. The van der Waals surface area contributed by atoms with E-state index in [1.165, 1.54) is 42.6 Å². The van der Waals surface area contributed by atoms with Crippen LogP contribution in [0.4, 0.5) is 0 Å². The van der Waals surface area contributed by atoms with E-state index in [2.05, 4.69) is 20.8 Å². The maximum atomic E-state index is 12.3. The third-order valence-electron chi connectivity index (χ3n) is 12.5. The Morgan fingerprint density at radius 2 is 1.11 bits per heavy atom. The smallest absolute Gasteiger partial charge is 0.149 e. The minimum absolute atomic E-state index is 0. The molecule has 0 saturated carbocycles. The van der Waals surface area contributed by atoms with E-state index >= 15 is 0 Å². The summed E-state index contributed by atoms with van der Waals surface area (Å²) in [6, 6.07) is 34.9. The van der Waals surface area contributed by atoms with Gasteiger partial charge in [-0.3, -0.25) is 9.55 Å². The van der Waals surface area contributed by atoms with Crippen molar-refractivity contribution in [2.24, 2.45) is 0 Å². The van der Waals surface area contributed by atoms with E-state index in [1.807, 2.05) is 129 Å². The Kier molecular flexibility index (Phi) is 7.80. The molecule has 0 fully saturated rings. The first kappa shape index (κ1) is 29.1. The standard InChI is InChI=1S/C65H67N3O.Pt/c1-41-34-51(64(8,9)10)40-55(60(41)69)61-67-59-53(47-35-48(37-52(36-47)65(11,12)13)56-39-46(32-33-66-56)43-24-29-50(30-25-43)63(5,6)7)20-17-21-58(59)68(61)57-31-26-45(38-54(57)44-18-15-14-16-19-44)42-22-27-49(28-23-42)62(2,3)4;/h14-40,69H,1-13H3;/i2D3,3D3,4D3,5D3,6D3,7D3,24D,25D,29D,30D;. The Hall–Kier alpha value is -6.35. The molecule has 0 aliphatic heterocycles. The second-order valence-electron chi connectivity index (χ2n) is 19.8. The van der Waals surface area contributed by atoms with Gasteiger partial charge in [-0.05, 0) is 138 Å². The zero-order chi connectivity index (χ0) is 67.7. The molecule has 2 aromatic heterocycles. The summed E-state index contributed by atoms with van der Waals surface area (Å²) < 4.78 is 188. The first-order valence-corrected chi connectivity index (χ1v) is 22.6. The fourth-order valence-corrected chi connectivity index (χ4v) is 8.56. The van der Waals surface area contributed by atoms with Crippen molar-refractivity contribution in [2.45, 2.75) is 111 Å². The molecule has 1 N–H and O–H groups in total. The topological polar surface area (TPSA) is 50.9 Å². The van der Waals surface area contributed by atoms with Gasteiger partial charge in [0.1, 0.15) is 11.6 Å². The number of pyridine rings is 1. The van der Waals surface area contributed by atoms with Crippen molar-refractivity contribution >= 4 is 11.0 Å². The molecule has 9 aromatic rings. The fraction of sp³-hybridized carbons (Fsp3) is 0.262. The number of phenols is 1. The fourth-order valence-electron chi connectivity index (χ4n) is 8.56. The molecule has 4 nitrogen and oxygen atoms in total. The van der Waals surface area contributed by atoms with Gasteiger partial charge >= 0.3 is 0 Å². The number of hydrogen-bond acceptors (Lipinski definition) is 3. The van der Waals surface area contributed by atoms with Gasteiger partial charge in [-0.1, -0.05) is 192 Å². The summed E-state index contributed by atoms with van der Waals surface area (Å²) in [5.74, 6) is 0.344. The van der Waals surface area contributed by atoms with Gasteiger partial charge in [-0.15, -0.1) is 0 Å². The number of aromatic nitrogens is 3. The number of benzene rings is 7. The molecule has 0 unspecified atom stereocenters. The van der Waals surface area contributed by atoms with Crippen molar-refractivity contribution in [3.63, 3.8) is 0 Å². The molecular weight excluding hydrogens is 1030 g/mol. The molecule has 7 aromatic carbocycles. The average molecular weight is 1120 g/mol. The Morgan fingerprint density at radius 3 is 1.79 bits per heavy atom. The molecule has 0 aliphatic rings. The molecular formula is C65H67N3OPt. The first-order valence-electron chi connectivity index (χ1n) is 33.6. The van der Waals surface area contributed by atoms with Gasteiger partial charge in [0.2, 0.25) is 0 Å². The summed E-state index contributed by atoms with van der Waals surface area (Å²) in [6.07, 6.45) is 1.39. The molecule has 70 heavy (non-hydrogen) atoms. The van der Waals surface area contributed by atoms with Gasteiger partial charge < -0.3 is 5.11 Å². The monoisotopic (exact) mass is 1120 g/mol. The van der Waals surface area contributed by atoms with Gasteiger partial charge in [0, 0.05) is 68.6 Å². The van der Waals surface area contributed by atoms with E-state index < -0.39 is 98.1 Å². The number of imidazole rings is 1. The normalized spacial score (nSPS) is 18.0. The van der Waals surface area contributed by atoms with Gasteiger partial charge in [0.15, 0.2) is 0 Å². The van der Waals surface area contributed by atoms with Gasteiger partial charge in [-0.2, -0.15) is 0 Å². The number of rotatable bonds is 7. The number of phenolic OH excluding ortho intramolecular Hbond substituents is 1. The van der Waals surface area contributed by atoms with Gasteiger partial charge in [0.05, 0.1) is 33.5 Å². The zero-order valence-electron chi connectivity index (χ0n) is 61.9. The van der Waals surface area contributed by atoms with Crippen LogP contribution in [0.25, 0.3) is 83.9 Å². The van der Waals surface area contributed by atoms with Crippen molar-refractivity contribution < 1.29 is 56.3 Å². The van der Waals surface area contributed by atoms with Crippen LogP contribution in [0.1, 0.15) is 141 Å². The van der Waals surface area contributed by atoms with E-state index in [4.69, 9.17) is 37.4 Å². The molecule has 0 spiro atoms. The van der Waals surface area contributed by atoms with Crippen LogP contribution in [0.5, 0.6) is 5.75 Å². The molecule has 0 radical (unpaired) electrons. The summed E-state index contributed by atoms with van der Waals surface area (Å²) in [5, 5.41) is 12.3. The molecule has 358 valence electrons. The van der Waals surface area contributed by atoms with Gasteiger partial charge in [-0.25, -0.2) is 4.98 Å². The molecule has 5 heteroatoms. The van der Waals surface area contributed by atoms with E-state index in [9.17, 15) is 7.85 Å². The number of nitrogens with zero attached hydrogens (tertiary/aromatic N) is 3. The summed E-state index contributed by atoms with van der Waals surface area (Å²) in [6.45, 7) is -7.88. The summed E-state index contributed by atoms with van der Waals surface area (Å²) in [7, 11) is 0. The predicted octanol–water partition coefficient (Wildman–Crippen LogP) is 17.6. The van der Waals surface area contributed by atoms with E-state index in [0.29, 0.717) is 72.7 Å². The van der Waals surface area contributed by atoms with E-state index in [0.717, 1.165) is 16.7 Å². The maximum Gasteiger partial charge on any atom is 0.149 e. The minimum Gasteiger partial charge on any atom is -0.507 e. The zero-order valence-corrected chi connectivity index (χ0v) is 42.2. The minimum atomic E-state index is -3.85. The molecule has 9 rings (SSSR count). The maximum absolute atomic E-state index is 12.3. The van der Waals surface area contributed by atoms with Gasteiger partial charge in [0.25, 0.3) is 0 Å². The SMILES string of the molecule is [2H]c1c([2H])c(C(C([2H])([2H])[2H])(C([2H])([2H])[2H])C([2H])([2H])[2H])c([2H])c([2H])c1-c1ccnc(-c2cc(-c3cccc4c3nc(-c3cc(C(C)(C)C)cc(C)c3O)n4-c3ccc(-c4ccc(C(C([2H])([2H])[2H])(C([2H])([2H])[2H])C([2H])([2H])[2H])cc4)cc3-c3ccccc3)cc(C(C)(C)C)c2)c1.[Pt]. The van der Waals surface area contributed by atoms with Crippen LogP contribution in [-0.4, -0.2) is 19.6 Å².